The van der Waals surface area contributed by atoms with E-state index in [0.29, 0.717) is 21.8 Å². The summed E-state index contributed by atoms with van der Waals surface area (Å²) in [5.41, 5.74) is -0.601. The van der Waals surface area contributed by atoms with Crippen molar-refractivity contribution in [3.05, 3.63) is 81.2 Å². The largest absolute Gasteiger partial charge is 0.497 e. The van der Waals surface area contributed by atoms with E-state index < -0.39 is 35.7 Å². The molecule has 0 saturated heterocycles. The summed E-state index contributed by atoms with van der Waals surface area (Å²) in [7, 11) is 1.51. The Morgan fingerprint density at radius 2 is 1.78 bits per heavy atom. The highest BCUT2D eigenvalue weighted by atomic mass is 32.1. The fourth-order valence-electron chi connectivity index (χ4n) is 3.51. The van der Waals surface area contributed by atoms with E-state index in [1.165, 1.54) is 19.2 Å². The van der Waals surface area contributed by atoms with Crippen molar-refractivity contribution in [3.8, 4) is 5.75 Å². The lowest BCUT2D eigenvalue weighted by atomic mass is 10.2. The molecule has 4 rings (SSSR count). The van der Waals surface area contributed by atoms with Crippen molar-refractivity contribution in [1.82, 2.24) is 9.55 Å². The molecule has 2 N–H and O–H groups in total. The number of aryl methyl sites for hydroxylation is 1. The molecule has 2 heterocycles. The number of rotatable bonds is 6. The number of methoxy groups -OCH3 is 1. The number of ether oxygens (including phenoxy) is 1. The molecule has 12 heteroatoms. The average Bonchev–Trinajstić information content (AvgIpc) is 3.17. The van der Waals surface area contributed by atoms with Gasteiger partial charge in [-0.15, -0.1) is 11.3 Å². The number of benzene rings is 2. The molecule has 2 aromatic carbocycles. The molecule has 0 aliphatic rings. The lowest BCUT2D eigenvalue weighted by molar-refractivity contribution is -0.137. The molecule has 0 radical (unpaired) electrons. The highest BCUT2D eigenvalue weighted by Crippen LogP contribution is 2.31. The van der Waals surface area contributed by atoms with Crippen molar-refractivity contribution in [2.45, 2.75) is 19.6 Å². The lowest BCUT2D eigenvalue weighted by Gasteiger charge is -2.10. The summed E-state index contributed by atoms with van der Waals surface area (Å²) in [5, 5.41) is 5.29. The summed E-state index contributed by atoms with van der Waals surface area (Å²) in [6, 6.07) is 11.0. The maximum absolute atomic E-state index is 13.1. The van der Waals surface area contributed by atoms with Crippen LogP contribution in [-0.4, -0.2) is 28.5 Å². The van der Waals surface area contributed by atoms with Crippen LogP contribution in [0.15, 0.2) is 59.7 Å². The predicted molar refractivity (Wildman–Crippen MR) is 130 cm³/mol. The highest BCUT2D eigenvalue weighted by Gasteiger charge is 2.30. The third kappa shape index (κ3) is 5.23. The smallest absolute Gasteiger partial charge is 0.416 e. The SMILES string of the molecule is COc1cccc(NC(=O)c2sc3ncn(CC(=O)Nc4cccc(C(F)(F)F)c4)c(=O)c3c2C)c1. The summed E-state index contributed by atoms with van der Waals surface area (Å²) in [5.74, 6) is -0.577. The third-order valence-corrected chi connectivity index (χ3v) is 6.44. The Balaban J connectivity index is 1.55. The van der Waals surface area contributed by atoms with Crippen LogP contribution in [0.3, 0.4) is 0 Å². The minimum Gasteiger partial charge on any atom is -0.497 e. The van der Waals surface area contributed by atoms with Crippen molar-refractivity contribution in [3.63, 3.8) is 0 Å². The predicted octanol–water partition coefficient (Wildman–Crippen LogP) is 4.68. The number of anilines is 2. The zero-order valence-electron chi connectivity index (χ0n) is 19.0. The Morgan fingerprint density at radius 3 is 2.47 bits per heavy atom. The number of carbonyl (C=O) groups excluding carboxylic acids is 2. The van der Waals surface area contributed by atoms with E-state index in [1.807, 2.05) is 0 Å². The molecule has 0 aliphatic heterocycles. The Kier molecular flexibility index (Phi) is 6.80. The van der Waals surface area contributed by atoms with Crippen LogP contribution in [0.5, 0.6) is 5.75 Å². The number of alkyl halides is 3. The van der Waals surface area contributed by atoms with Crippen LogP contribution >= 0.6 is 11.3 Å². The van der Waals surface area contributed by atoms with Crippen molar-refractivity contribution in [2.75, 3.05) is 17.7 Å². The van der Waals surface area contributed by atoms with Crippen LogP contribution in [0, 0.1) is 6.92 Å². The van der Waals surface area contributed by atoms with Crippen LogP contribution in [0.25, 0.3) is 10.2 Å². The summed E-state index contributed by atoms with van der Waals surface area (Å²) in [6.45, 7) is 1.13. The number of aromatic nitrogens is 2. The number of thiophene rings is 1. The Bertz CT molecular complexity index is 1530. The second-order valence-electron chi connectivity index (χ2n) is 7.73. The first kappa shape index (κ1) is 24.9. The number of nitrogens with one attached hydrogen (secondary N) is 2. The zero-order valence-corrected chi connectivity index (χ0v) is 19.8. The standard InChI is InChI=1S/C24H19F3N4O4S/c1-13-19-22(36-20(13)21(33)30-16-7-4-8-17(10-16)35-2)28-12-31(23(19)34)11-18(32)29-15-6-3-5-14(9-15)24(25,26)27/h3-10,12H,11H2,1-2H3,(H,29,32)(H,30,33). The van der Waals surface area contributed by atoms with E-state index in [4.69, 9.17) is 4.74 Å². The molecule has 0 saturated carbocycles. The number of carbonyl (C=O) groups is 2. The first-order valence-electron chi connectivity index (χ1n) is 10.5. The molecule has 186 valence electrons. The quantitative estimate of drug-likeness (QED) is 0.387. The Labute approximate surface area is 206 Å². The first-order chi connectivity index (χ1) is 17.1. The van der Waals surface area contributed by atoms with Crippen LogP contribution in [0.2, 0.25) is 0 Å². The fraction of sp³-hybridized carbons (Fsp3) is 0.167. The van der Waals surface area contributed by atoms with Gasteiger partial charge in [-0.3, -0.25) is 19.0 Å². The van der Waals surface area contributed by atoms with Gasteiger partial charge in [-0.2, -0.15) is 13.2 Å². The molecule has 8 nitrogen and oxygen atoms in total. The van der Waals surface area contributed by atoms with Gasteiger partial charge in [-0.1, -0.05) is 12.1 Å². The van der Waals surface area contributed by atoms with Gasteiger partial charge in [0.2, 0.25) is 5.91 Å². The number of hydrogen-bond acceptors (Lipinski definition) is 6. The van der Waals surface area contributed by atoms with Gasteiger partial charge >= 0.3 is 6.18 Å². The van der Waals surface area contributed by atoms with E-state index in [0.717, 1.165) is 34.4 Å². The third-order valence-electron chi connectivity index (χ3n) is 5.24. The Hall–Kier alpha value is -4.19. The molecule has 36 heavy (non-hydrogen) atoms. The Morgan fingerprint density at radius 1 is 1.08 bits per heavy atom. The van der Waals surface area contributed by atoms with E-state index >= 15 is 0 Å². The molecule has 0 fully saturated rings. The van der Waals surface area contributed by atoms with Gasteiger partial charge in [0.05, 0.1) is 29.3 Å². The van der Waals surface area contributed by atoms with Crippen LogP contribution in [0.4, 0.5) is 24.5 Å². The molecule has 0 bridgehead atoms. The van der Waals surface area contributed by atoms with Gasteiger partial charge in [0.25, 0.3) is 11.5 Å². The zero-order chi connectivity index (χ0) is 26.0. The summed E-state index contributed by atoms with van der Waals surface area (Å²) < 4.78 is 44.9. The van der Waals surface area contributed by atoms with Gasteiger partial charge in [0.1, 0.15) is 17.1 Å². The minimum absolute atomic E-state index is 0.0554. The van der Waals surface area contributed by atoms with E-state index in [9.17, 15) is 27.6 Å². The van der Waals surface area contributed by atoms with Crippen molar-refractivity contribution < 1.29 is 27.5 Å². The maximum Gasteiger partial charge on any atom is 0.416 e. The van der Waals surface area contributed by atoms with Crippen molar-refractivity contribution in [2.24, 2.45) is 0 Å². The molecule has 0 aliphatic carbocycles. The van der Waals surface area contributed by atoms with Gasteiger partial charge in [-0.05, 0) is 42.8 Å². The normalized spacial score (nSPS) is 11.4. The lowest BCUT2D eigenvalue weighted by Crippen LogP contribution is -2.28. The first-order valence-corrected chi connectivity index (χ1v) is 11.3. The molecule has 0 unspecified atom stereocenters. The van der Waals surface area contributed by atoms with E-state index in [-0.39, 0.29) is 16.0 Å². The van der Waals surface area contributed by atoms with Crippen LogP contribution in [0.1, 0.15) is 20.8 Å². The number of amides is 2. The molecule has 4 aromatic rings. The number of fused-ring (bicyclic) bond motifs is 1. The summed E-state index contributed by atoms with van der Waals surface area (Å²) in [6.07, 6.45) is -3.39. The molecule has 0 spiro atoms. The highest BCUT2D eigenvalue weighted by molar-refractivity contribution is 7.20. The molecule has 2 aromatic heterocycles. The van der Waals surface area contributed by atoms with Gasteiger partial charge < -0.3 is 15.4 Å². The fourth-order valence-corrected chi connectivity index (χ4v) is 4.54. The second kappa shape index (κ2) is 9.82. The van der Waals surface area contributed by atoms with Gasteiger partial charge in [0.15, 0.2) is 0 Å². The number of hydrogen-bond donors (Lipinski definition) is 2. The molecular formula is C24H19F3N4O4S. The van der Waals surface area contributed by atoms with E-state index in [2.05, 4.69) is 15.6 Å². The minimum atomic E-state index is -4.56. The summed E-state index contributed by atoms with van der Waals surface area (Å²) in [4.78, 5) is 43.1. The maximum atomic E-state index is 13.1. The van der Waals surface area contributed by atoms with Gasteiger partial charge in [0, 0.05) is 17.4 Å². The monoisotopic (exact) mass is 516 g/mol. The van der Waals surface area contributed by atoms with Crippen LogP contribution in [-0.2, 0) is 17.5 Å². The average molecular weight is 517 g/mol. The second-order valence-corrected chi connectivity index (χ2v) is 8.73. The van der Waals surface area contributed by atoms with Crippen LogP contribution < -0.4 is 20.9 Å². The van der Waals surface area contributed by atoms with Crippen molar-refractivity contribution in [1.29, 1.82) is 0 Å². The molecule has 0 atom stereocenters. The molecular weight excluding hydrogens is 497 g/mol. The topological polar surface area (TPSA) is 102 Å². The number of halogens is 3. The van der Waals surface area contributed by atoms with Crippen molar-refractivity contribution >= 4 is 44.7 Å². The summed E-state index contributed by atoms with van der Waals surface area (Å²) >= 11 is 1.03. The van der Waals surface area contributed by atoms with E-state index in [1.54, 1.807) is 31.2 Å². The molecule has 2 amide bonds. The number of nitrogens with zero attached hydrogens (tertiary/aromatic N) is 2. The van der Waals surface area contributed by atoms with Gasteiger partial charge in [-0.25, -0.2) is 4.98 Å².